The van der Waals surface area contributed by atoms with Crippen LogP contribution in [0.2, 0.25) is 0 Å². The lowest BCUT2D eigenvalue weighted by atomic mass is 10.0. The van der Waals surface area contributed by atoms with Crippen LogP contribution in [0.25, 0.3) is 0 Å². The summed E-state index contributed by atoms with van der Waals surface area (Å²) in [6, 6.07) is 6.04. The normalized spacial score (nSPS) is 14.2. The Hall–Kier alpha value is -1.62. The van der Waals surface area contributed by atoms with Gasteiger partial charge in [-0.05, 0) is 45.0 Å². The van der Waals surface area contributed by atoms with Gasteiger partial charge in [0.15, 0.2) is 0 Å². The van der Waals surface area contributed by atoms with Crippen LogP contribution in [0.3, 0.4) is 0 Å². The van der Waals surface area contributed by atoms with Crippen LogP contribution in [-0.2, 0) is 4.79 Å². The van der Waals surface area contributed by atoms with Gasteiger partial charge in [0.1, 0.15) is 11.4 Å². The zero-order valence-electron chi connectivity index (χ0n) is 11.8. The van der Waals surface area contributed by atoms with Gasteiger partial charge in [0.05, 0.1) is 0 Å². The van der Waals surface area contributed by atoms with Crippen molar-refractivity contribution in [2.45, 2.75) is 32.4 Å². The fourth-order valence-corrected chi connectivity index (χ4v) is 2.07. The highest BCUT2D eigenvalue weighted by atomic mass is 19.1. The van der Waals surface area contributed by atoms with Crippen LogP contribution in [0.15, 0.2) is 24.3 Å². The third kappa shape index (κ3) is 4.21. The molecule has 0 aliphatic rings. The minimum absolute atomic E-state index is 0.0581. The Morgan fingerprint density at radius 2 is 1.95 bits per heavy atom. The number of carboxylic acids is 1. The second kappa shape index (κ2) is 6.02. The van der Waals surface area contributed by atoms with Crippen LogP contribution in [0.4, 0.5) is 10.1 Å². The molecule has 5 heteroatoms. The number of anilines is 1. The lowest BCUT2D eigenvalue weighted by Gasteiger charge is -2.33. The fraction of sp³-hybridized carbons (Fsp3) is 0.500. The molecule has 0 aliphatic heterocycles. The maximum Gasteiger partial charge on any atom is 0.325 e. The van der Waals surface area contributed by atoms with Crippen molar-refractivity contribution >= 4 is 11.7 Å². The number of likely N-dealkylation sites (N-methyl/N-ethyl adjacent to an activating group) is 1. The Morgan fingerprint density at radius 1 is 1.42 bits per heavy atom. The predicted octanol–water partition coefficient (Wildman–Crippen LogP) is 2.10. The van der Waals surface area contributed by atoms with E-state index in [4.69, 9.17) is 0 Å². The number of nitrogens with zero attached hydrogens (tertiary/aromatic N) is 1. The van der Waals surface area contributed by atoms with Crippen molar-refractivity contribution in [3.05, 3.63) is 30.1 Å². The monoisotopic (exact) mass is 268 g/mol. The number of benzene rings is 1. The van der Waals surface area contributed by atoms with Crippen molar-refractivity contribution in [1.29, 1.82) is 0 Å². The van der Waals surface area contributed by atoms with Gasteiger partial charge < -0.3 is 10.0 Å². The average Bonchev–Trinajstić information content (AvgIpc) is 2.28. The van der Waals surface area contributed by atoms with E-state index < -0.39 is 11.5 Å². The van der Waals surface area contributed by atoms with Gasteiger partial charge >= 0.3 is 5.97 Å². The lowest BCUT2D eigenvalue weighted by molar-refractivity contribution is -0.144. The molecule has 0 aliphatic carbocycles. The van der Waals surface area contributed by atoms with Crippen LogP contribution < -0.4 is 10.2 Å². The van der Waals surface area contributed by atoms with Crippen LogP contribution in [0.1, 0.15) is 20.8 Å². The summed E-state index contributed by atoms with van der Waals surface area (Å²) in [6.45, 7) is 5.74. The minimum atomic E-state index is -1.06. The number of nitrogens with one attached hydrogen (secondary N) is 1. The fourth-order valence-electron chi connectivity index (χ4n) is 2.07. The highest BCUT2D eigenvalue weighted by molar-refractivity contribution is 5.79. The number of halogens is 1. The van der Waals surface area contributed by atoms with Gasteiger partial charge in [-0.15, -0.1) is 0 Å². The van der Waals surface area contributed by atoms with Gasteiger partial charge in [-0.3, -0.25) is 10.1 Å². The smallest absolute Gasteiger partial charge is 0.325 e. The summed E-state index contributed by atoms with van der Waals surface area (Å²) in [5.74, 6) is -1.21. The lowest BCUT2D eigenvalue weighted by Crippen LogP contribution is -2.58. The van der Waals surface area contributed by atoms with Crippen LogP contribution in [-0.4, -0.2) is 36.2 Å². The Morgan fingerprint density at radius 3 is 2.37 bits per heavy atom. The number of rotatable bonds is 6. The van der Waals surface area contributed by atoms with Gasteiger partial charge in [0.25, 0.3) is 0 Å². The summed E-state index contributed by atoms with van der Waals surface area (Å²) in [7, 11) is 1.79. The van der Waals surface area contributed by atoms with E-state index in [2.05, 4.69) is 5.32 Å². The molecule has 0 amide bonds. The van der Waals surface area contributed by atoms with Crippen molar-refractivity contribution in [1.82, 2.24) is 5.32 Å². The molecule has 2 N–H and O–H groups in total. The molecule has 1 rings (SSSR count). The molecular formula is C14H21FN2O2. The maximum absolute atomic E-state index is 12.9. The average molecular weight is 268 g/mol. The Balaban J connectivity index is 2.84. The Kier molecular flexibility index (Phi) is 4.89. The van der Waals surface area contributed by atoms with E-state index in [1.54, 1.807) is 31.0 Å². The second-order valence-corrected chi connectivity index (χ2v) is 5.27. The molecular weight excluding hydrogens is 247 g/mol. The first-order valence-electron chi connectivity index (χ1n) is 6.22. The molecule has 19 heavy (non-hydrogen) atoms. The number of carboxylic acid groups (broad SMARTS) is 1. The molecule has 106 valence electrons. The first-order chi connectivity index (χ1) is 8.74. The van der Waals surface area contributed by atoms with Crippen molar-refractivity contribution in [3.63, 3.8) is 0 Å². The molecule has 4 nitrogen and oxygen atoms in total. The van der Waals surface area contributed by atoms with E-state index in [0.717, 1.165) is 5.69 Å². The van der Waals surface area contributed by atoms with Gasteiger partial charge in [-0.1, -0.05) is 0 Å². The van der Waals surface area contributed by atoms with Gasteiger partial charge in [-0.25, -0.2) is 4.39 Å². The van der Waals surface area contributed by atoms with Gasteiger partial charge in [0.2, 0.25) is 0 Å². The quantitative estimate of drug-likeness (QED) is 0.829. The van der Waals surface area contributed by atoms with E-state index in [0.29, 0.717) is 0 Å². The van der Waals surface area contributed by atoms with Crippen LogP contribution in [0, 0.1) is 5.82 Å². The minimum Gasteiger partial charge on any atom is -0.480 e. The number of aliphatic carboxylic acids is 1. The van der Waals surface area contributed by atoms with E-state index in [1.807, 2.05) is 13.8 Å². The molecule has 1 aromatic rings. The third-order valence-corrected chi connectivity index (χ3v) is 2.90. The molecule has 0 saturated carbocycles. The SMILES string of the molecule is CC(C)NC(C)(CN(C)c1ccc(F)cc1)C(=O)O. The topological polar surface area (TPSA) is 52.6 Å². The summed E-state index contributed by atoms with van der Waals surface area (Å²) < 4.78 is 12.9. The van der Waals surface area contributed by atoms with Crippen molar-refractivity contribution < 1.29 is 14.3 Å². The standard InChI is InChI=1S/C14H21FN2O2/c1-10(2)16-14(3,13(18)19)9-17(4)12-7-5-11(15)6-8-12/h5-8,10,16H,9H2,1-4H3,(H,18,19). The van der Waals surface area contributed by atoms with E-state index in [9.17, 15) is 14.3 Å². The predicted molar refractivity (Wildman–Crippen MR) is 74.0 cm³/mol. The summed E-state index contributed by atoms with van der Waals surface area (Å²) in [5.41, 5.74) is -0.281. The maximum atomic E-state index is 12.9. The molecule has 0 spiro atoms. The zero-order valence-corrected chi connectivity index (χ0v) is 11.8. The van der Waals surface area contributed by atoms with E-state index >= 15 is 0 Å². The molecule has 0 fully saturated rings. The largest absolute Gasteiger partial charge is 0.480 e. The first-order valence-corrected chi connectivity index (χ1v) is 6.22. The zero-order chi connectivity index (χ0) is 14.6. The number of hydrogen-bond donors (Lipinski definition) is 2. The van der Waals surface area contributed by atoms with Crippen molar-refractivity contribution in [2.75, 3.05) is 18.5 Å². The Labute approximate surface area is 113 Å². The molecule has 0 saturated heterocycles. The highest BCUT2D eigenvalue weighted by Crippen LogP contribution is 2.17. The first kappa shape index (κ1) is 15.4. The van der Waals surface area contributed by atoms with Crippen molar-refractivity contribution in [3.8, 4) is 0 Å². The molecule has 1 atom stereocenters. The van der Waals surface area contributed by atoms with Crippen molar-refractivity contribution in [2.24, 2.45) is 0 Å². The number of hydrogen-bond acceptors (Lipinski definition) is 3. The highest BCUT2D eigenvalue weighted by Gasteiger charge is 2.34. The molecule has 1 unspecified atom stereocenters. The van der Waals surface area contributed by atoms with Crippen LogP contribution in [0.5, 0.6) is 0 Å². The van der Waals surface area contributed by atoms with E-state index in [-0.39, 0.29) is 18.4 Å². The molecule has 1 aromatic carbocycles. The summed E-state index contributed by atoms with van der Waals surface area (Å²) >= 11 is 0. The summed E-state index contributed by atoms with van der Waals surface area (Å²) in [5, 5.41) is 12.4. The molecule has 0 radical (unpaired) electrons. The molecule has 0 bridgehead atoms. The number of carbonyl (C=O) groups is 1. The summed E-state index contributed by atoms with van der Waals surface area (Å²) in [4.78, 5) is 13.2. The van der Waals surface area contributed by atoms with E-state index in [1.165, 1.54) is 12.1 Å². The molecule has 0 aromatic heterocycles. The summed E-state index contributed by atoms with van der Waals surface area (Å²) in [6.07, 6.45) is 0. The van der Waals surface area contributed by atoms with Gasteiger partial charge in [-0.2, -0.15) is 0 Å². The second-order valence-electron chi connectivity index (χ2n) is 5.27. The Bertz CT molecular complexity index is 434. The van der Waals surface area contributed by atoms with Gasteiger partial charge in [0, 0.05) is 25.3 Å². The third-order valence-electron chi connectivity index (χ3n) is 2.90. The molecule has 0 heterocycles. The van der Waals surface area contributed by atoms with Crippen LogP contribution >= 0.6 is 0 Å².